The van der Waals surface area contributed by atoms with Crippen LogP contribution >= 0.6 is 0 Å². The average molecular weight is 236 g/mol. The lowest BCUT2D eigenvalue weighted by atomic mass is 10.2. The molecule has 0 bridgehead atoms. The molecule has 1 N–H and O–H groups in total. The van der Waals surface area contributed by atoms with E-state index in [4.69, 9.17) is 4.74 Å². The van der Waals surface area contributed by atoms with Crippen molar-refractivity contribution in [2.45, 2.75) is 19.6 Å². The molecule has 1 aromatic carbocycles. The second-order valence-electron chi connectivity index (χ2n) is 4.26. The fourth-order valence-electron chi connectivity index (χ4n) is 1.19. The monoisotopic (exact) mass is 236 g/mol. The average Bonchev–Trinajstić information content (AvgIpc) is 2.34. The number of likely N-dealkylation sites (N-methyl/N-ethyl adjacent to an activating group) is 1. The van der Waals surface area contributed by atoms with Gasteiger partial charge in [-0.25, -0.2) is 4.79 Å². The maximum absolute atomic E-state index is 11.4. The normalized spacial score (nSPS) is 12.2. The van der Waals surface area contributed by atoms with Crippen molar-refractivity contribution < 1.29 is 9.53 Å². The first-order valence-electron chi connectivity index (χ1n) is 5.70. The number of rotatable bonds is 5. The predicted octanol–water partition coefficient (Wildman–Crippen LogP) is 1.86. The molecule has 1 atom stereocenters. The van der Waals surface area contributed by atoms with Crippen LogP contribution in [0.5, 0.6) is 0 Å². The van der Waals surface area contributed by atoms with Gasteiger partial charge < -0.3 is 15.0 Å². The first-order chi connectivity index (χ1) is 8.09. The molecule has 1 amide bonds. The van der Waals surface area contributed by atoms with Crippen molar-refractivity contribution in [1.82, 2.24) is 10.2 Å². The van der Waals surface area contributed by atoms with E-state index in [2.05, 4.69) is 5.32 Å². The van der Waals surface area contributed by atoms with Gasteiger partial charge in [-0.3, -0.25) is 0 Å². The summed E-state index contributed by atoms with van der Waals surface area (Å²) in [5.41, 5.74) is 0.989. The summed E-state index contributed by atoms with van der Waals surface area (Å²) in [6.07, 6.45) is -0.373. The molecule has 0 heterocycles. The minimum absolute atomic E-state index is 0.291. The highest BCUT2D eigenvalue weighted by Gasteiger charge is 2.07. The maximum atomic E-state index is 11.4. The molecule has 0 aromatic heterocycles. The summed E-state index contributed by atoms with van der Waals surface area (Å²) in [5, 5.41) is 2.73. The Labute approximate surface area is 103 Å². The number of carbonyl (C=O) groups excluding carboxylic acids is 1. The van der Waals surface area contributed by atoms with Crippen molar-refractivity contribution in [1.29, 1.82) is 0 Å². The summed E-state index contributed by atoms with van der Waals surface area (Å²) in [4.78, 5) is 13.4. The van der Waals surface area contributed by atoms with Gasteiger partial charge in [0.05, 0.1) is 0 Å². The van der Waals surface area contributed by atoms with Crippen LogP contribution in [0.25, 0.3) is 0 Å². The Balaban J connectivity index is 2.22. The van der Waals surface area contributed by atoms with E-state index in [1.165, 1.54) is 0 Å². The molecule has 0 aliphatic heterocycles. The Morgan fingerprint density at radius 2 is 2.00 bits per heavy atom. The van der Waals surface area contributed by atoms with Crippen LogP contribution in [0.1, 0.15) is 12.5 Å². The SMILES string of the molecule is CC(CNC(=O)OCc1ccccc1)N(C)C. The highest BCUT2D eigenvalue weighted by atomic mass is 16.5. The number of nitrogens with zero attached hydrogens (tertiary/aromatic N) is 1. The fraction of sp³-hybridized carbons (Fsp3) is 0.462. The van der Waals surface area contributed by atoms with Crippen LogP contribution < -0.4 is 5.32 Å². The van der Waals surface area contributed by atoms with Gasteiger partial charge >= 0.3 is 6.09 Å². The van der Waals surface area contributed by atoms with E-state index in [-0.39, 0.29) is 6.09 Å². The van der Waals surface area contributed by atoms with Crippen LogP contribution in [0.15, 0.2) is 30.3 Å². The first-order valence-corrected chi connectivity index (χ1v) is 5.70. The lowest BCUT2D eigenvalue weighted by molar-refractivity contribution is 0.136. The number of nitrogens with one attached hydrogen (secondary N) is 1. The van der Waals surface area contributed by atoms with Gasteiger partial charge in [-0.15, -0.1) is 0 Å². The van der Waals surface area contributed by atoms with E-state index in [0.29, 0.717) is 19.2 Å². The largest absolute Gasteiger partial charge is 0.445 e. The zero-order valence-corrected chi connectivity index (χ0v) is 10.6. The second kappa shape index (κ2) is 6.91. The molecule has 0 spiro atoms. The number of ether oxygens (including phenoxy) is 1. The number of hydrogen-bond acceptors (Lipinski definition) is 3. The first kappa shape index (κ1) is 13.5. The molecule has 0 radical (unpaired) electrons. The summed E-state index contributed by atoms with van der Waals surface area (Å²) >= 11 is 0. The Morgan fingerprint density at radius 1 is 1.35 bits per heavy atom. The van der Waals surface area contributed by atoms with Crippen molar-refractivity contribution in [3.8, 4) is 0 Å². The smallest absolute Gasteiger partial charge is 0.407 e. The molecule has 4 nitrogen and oxygen atoms in total. The standard InChI is InChI=1S/C13H20N2O2/c1-11(15(2)3)9-14-13(16)17-10-12-7-5-4-6-8-12/h4-8,11H,9-10H2,1-3H3,(H,14,16). The van der Waals surface area contributed by atoms with Crippen molar-refractivity contribution in [3.05, 3.63) is 35.9 Å². The Bertz CT molecular complexity index is 339. The van der Waals surface area contributed by atoms with E-state index >= 15 is 0 Å². The molecule has 0 aliphatic carbocycles. The number of carbonyl (C=O) groups is 1. The molecule has 1 unspecified atom stereocenters. The van der Waals surface area contributed by atoms with Crippen LogP contribution in [0.2, 0.25) is 0 Å². The highest BCUT2D eigenvalue weighted by Crippen LogP contribution is 2.00. The highest BCUT2D eigenvalue weighted by molar-refractivity contribution is 5.67. The predicted molar refractivity (Wildman–Crippen MR) is 67.8 cm³/mol. The minimum Gasteiger partial charge on any atom is -0.445 e. The van der Waals surface area contributed by atoms with Gasteiger partial charge in [0, 0.05) is 12.6 Å². The molecule has 0 aliphatic rings. The molecular weight excluding hydrogens is 216 g/mol. The number of alkyl carbamates (subject to hydrolysis) is 1. The Kier molecular flexibility index (Phi) is 5.49. The van der Waals surface area contributed by atoms with Crippen molar-refractivity contribution in [2.24, 2.45) is 0 Å². The third-order valence-corrected chi connectivity index (χ3v) is 2.64. The molecule has 0 saturated heterocycles. The van der Waals surface area contributed by atoms with Crippen LogP contribution in [-0.2, 0) is 11.3 Å². The molecule has 0 saturated carbocycles. The molecule has 94 valence electrons. The number of hydrogen-bond donors (Lipinski definition) is 1. The Morgan fingerprint density at radius 3 is 2.59 bits per heavy atom. The molecule has 1 aromatic rings. The third-order valence-electron chi connectivity index (χ3n) is 2.64. The van der Waals surface area contributed by atoms with E-state index in [0.717, 1.165) is 5.56 Å². The van der Waals surface area contributed by atoms with Crippen molar-refractivity contribution in [2.75, 3.05) is 20.6 Å². The number of amides is 1. The lowest BCUT2D eigenvalue weighted by Crippen LogP contribution is -2.38. The zero-order chi connectivity index (χ0) is 12.7. The van der Waals surface area contributed by atoms with Crippen LogP contribution in [0.3, 0.4) is 0 Å². The van der Waals surface area contributed by atoms with Gasteiger partial charge in [0.15, 0.2) is 0 Å². The van der Waals surface area contributed by atoms with E-state index < -0.39 is 0 Å². The second-order valence-corrected chi connectivity index (χ2v) is 4.26. The van der Waals surface area contributed by atoms with Crippen LogP contribution in [0.4, 0.5) is 4.79 Å². The van der Waals surface area contributed by atoms with Gasteiger partial charge in [-0.1, -0.05) is 30.3 Å². The maximum Gasteiger partial charge on any atom is 0.407 e. The fourth-order valence-corrected chi connectivity index (χ4v) is 1.19. The molecule has 4 heteroatoms. The summed E-state index contributed by atoms with van der Waals surface area (Å²) in [6.45, 7) is 2.93. The summed E-state index contributed by atoms with van der Waals surface area (Å²) in [6, 6.07) is 9.92. The van der Waals surface area contributed by atoms with Gasteiger partial charge in [0.1, 0.15) is 6.61 Å². The van der Waals surface area contributed by atoms with Gasteiger partial charge in [-0.05, 0) is 26.6 Å². The van der Waals surface area contributed by atoms with E-state index in [9.17, 15) is 4.79 Å². The van der Waals surface area contributed by atoms with Gasteiger partial charge in [0.2, 0.25) is 0 Å². The van der Waals surface area contributed by atoms with Crippen LogP contribution in [-0.4, -0.2) is 37.7 Å². The molecular formula is C13H20N2O2. The Hall–Kier alpha value is -1.55. The van der Waals surface area contributed by atoms with Crippen LogP contribution in [0, 0.1) is 0 Å². The summed E-state index contributed by atoms with van der Waals surface area (Å²) in [5.74, 6) is 0. The molecule has 1 rings (SSSR count). The molecule has 17 heavy (non-hydrogen) atoms. The van der Waals surface area contributed by atoms with E-state index in [1.54, 1.807) is 0 Å². The summed E-state index contributed by atoms with van der Waals surface area (Å²) < 4.78 is 5.09. The third kappa shape index (κ3) is 5.36. The summed E-state index contributed by atoms with van der Waals surface area (Å²) in [7, 11) is 3.95. The minimum atomic E-state index is -0.373. The number of benzene rings is 1. The topological polar surface area (TPSA) is 41.6 Å². The zero-order valence-electron chi connectivity index (χ0n) is 10.6. The molecule has 0 fully saturated rings. The van der Waals surface area contributed by atoms with Crippen molar-refractivity contribution >= 4 is 6.09 Å². The van der Waals surface area contributed by atoms with Gasteiger partial charge in [0.25, 0.3) is 0 Å². The lowest BCUT2D eigenvalue weighted by Gasteiger charge is -2.19. The van der Waals surface area contributed by atoms with Crippen molar-refractivity contribution in [3.63, 3.8) is 0 Å². The van der Waals surface area contributed by atoms with Gasteiger partial charge in [-0.2, -0.15) is 0 Å². The quantitative estimate of drug-likeness (QED) is 0.848. The van der Waals surface area contributed by atoms with E-state index in [1.807, 2.05) is 56.3 Å².